The van der Waals surface area contributed by atoms with Gasteiger partial charge in [-0.3, -0.25) is 4.79 Å². The molecule has 0 bridgehead atoms. The van der Waals surface area contributed by atoms with Gasteiger partial charge in [0.05, 0.1) is 5.69 Å². The molecule has 10 heteroatoms. The van der Waals surface area contributed by atoms with E-state index in [0.29, 0.717) is 4.90 Å². The summed E-state index contributed by atoms with van der Waals surface area (Å²) >= 11 is 5.61. The smallest absolute Gasteiger partial charge is 0.333 e. The van der Waals surface area contributed by atoms with Crippen molar-refractivity contribution in [1.29, 1.82) is 0 Å². The van der Waals surface area contributed by atoms with Gasteiger partial charge in [0.1, 0.15) is 5.82 Å². The molecule has 1 fully saturated rings. The predicted octanol–water partition coefficient (Wildman–Crippen LogP) is 3.11. The Balaban J connectivity index is 1.98. The van der Waals surface area contributed by atoms with Crippen molar-refractivity contribution in [3.05, 3.63) is 29.0 Å². The van der Waals surface area contributed by atoms with Crippen LogP contribution < -0.4 is 5.32 Å². The fraction of sp³-hybridized carbons (Fsp3) is 0.429. The molecule has 1 aliphatic rings. The predicted molar refractivity (Wildman–Crippen MR) is 79.3 cm³/mol. The van der Waals surface area contributed by atoms with Crippen molar-refractivity contribution in [2.24, 2.45) is 0 Å². The van der Waals surface area contributed by atoms with Gasteiger partial charge < -0.3 is 15.1 Å². The summed E-state index contributed by atoms with van der Waals surface area (Å²) in [5, 5.41) is 2.51. The molecule has 1 aromatic carbocycles. The lowest BCUT2D eigenvalue weighted by Gasteiger charge is -2.23. The highest BCUT2D eigenvalue weighted by Gasteiger charge is 2.42. The number of nitrogens with zero attached hydrogens (tertiary/aromatic N) is 2. The highest BCUT2D eigenvalue weighted by molar-refractivity contribution is 6.30. The number of rotatable bonds is 1. The van der Waals surface area contributed by atoms with Gasteiger partial charge >= 0.3 is 18.1 Å². The van der Waals surface area contributed by atoms with Gasteiger partial charge in [-0.25, -0.2) is 9.18 Å². The molecular weight excluding hydrogens is 354 g/mol. The summed E-state index contributed by atoms with van der Waals surface area (Å²) in [7, 11) is 0. The van der Waals surface area contributed by atoms with Crippen molar-refractivity contribution in [2.75, 3.05) is 31.5 Å². The first-order valence-corrected chi connectivity index (χ1v) is 7.43. The average Bonchev–Trinajstić information content (AvgIpc) is 2.74. The number of nitrogens with one attached hydrogen (secondary N) is 1. The van der Waals surface area contributed by atoms with Gasteiger partial charge in [-0.2, -0.15) is 13.2 Å². The van der Waals surface area contributed by atoms with Crippen molar-refractivity contribution in [3.63, 3.8) is 0 Å². The number of halogens is 5. The summed E-state index contributed by atoms with van der Waals surface area (Å²) in [6.45, 7) is -0.266. The largest absolute Gasteiger partial charge is 0.471 e. The zero-order valence-corrected chi connectivity index (χ0v) is 13.1. The number of benzene rings is 1. The van der Waals surface area contributed by atoms with Gasteiger partial charge in [0, 0.05) is 31.2 Å². The minimum absolute atomic E-state index is 0.0805. The minimum atomic E-state index is -4.94. The Labute approximate surface area is 140 Å². The lowest BCUT2D eigenvalue weighted by Crippen LogP contribution is -2.44. The normalized spacial score (nSPS) is 15.9. The van der Waals surface area contributed by atoms with Crippen LogP contribution in [-0.2, 0) is 4.79 Å². The molecule has 24 heavy (non-hydrogen) atoms. The maximum atomic E-state index is 13.7. The third-order valence-electron chi connectivity index (χ3n) is 3.49. The quantitative estimate of drug-likeness (QED) is 0.775. The summed E-state index contributed by atoms with van der Waals surface area (Å²) in [5.74, 6) is -2.65. The maximum absolute atomic E-state index is 13.7. The monoisotopic (exact) mass is 367 g/mol. The molecule has 0 radical (unpaired) electrons. The summed E-state index contributed by atoms with van der Waals surface area (Å²) < 4.78 is 51.0. The number of hydrogen-bond donors (Lipinski definition) is 1. The first kappa shape index (κ1) is 18.3. The Bertz CT molecular complexity index is 639. The fourth-order valence-electron chi connectivity index (χ4n) is 2.29. The van der Waals surface area contributed by atoms with E-state index in [1.165, 1.54) is 17.0 Å². The van der Waals surface area contributed by atoms with Gasteiger partial charge in [0.25, 0.3) is 0 Å². The van der Waals surface area contributed by atoms with Crippen molar-refractivity contribution in [3.8, 4) is 0 Å². The lowest BCUT2D eigenvalue weighted by atomic mass is 10.3. The van der Waals surface area contributed by atoms with Gasteiger partial charge in [-0.1, -0.05) is 11.6 Å². The van der Waals surface area contributed by atoms with E-state index in [1.54, 1.807) is 0 Å². The van der Waals surface area contributed by atoms with Gasteiger partial charge in [0.15, 0.2) is 0 Å². The first-order chi connectivity index (χ1) is 11.2. The minimum Gasteiger partial charge on any atom is -0.333 e. The number of hydrogen-bond acceptors (Lipinski definition) is 2. The second-order valence-corrected chi connectivity index (χ2v) is 5.62. The van der Waals surface area contributed by atoms with Crippen LogP contribution in [0.1, 0.15) is 6.42 Å². The third-order valence-corrected chi connectivity index (χ3v) is 3.72. The zero-order valence-electron chi connectivity index (χ0n) is 12.4. The van der Waals surface area contributed by atoms with E-state index in [2.05, 4.69) is 5.32 Å². The van der Waals surface area contributed by atoms with Crippen LogP contribution in [0, 0.1) is 5.82 Å². The van der Waals surface area contributed by atoms with Crippen LogP contribution in [0.25, 0.3) is 0 Å². The van der Waals surface area contributed by atoms with E-state index in [-0.39, 0.29) is 43.3 Å². The molecule has 1 saturated heterocycles. The Morgan fingerprint density at radius 3 is 2.33 bits per heavy atom. The molecule has 1 aliphatic heterocycles. The molecule has 0 spiro atoms. The number of anilines is 1. The van der Waals surface area contributed by atoms with Crippen molar-refractivity contribution in [2.45, 2.75) is 12.6 Å². The van der Waals surface area contributed by atoms with E-state index < -0.39 is 23.9 Å². The van der Waals surface area contributed by atoms with Crippen LogP contribution in [0.15, 0.2) is 18.2 Å². The van der Waals surface area contributed by atoms with Crippen molar-refractivity contribution < 1.29 is 27.2 Å². The van der Waals surface area contributed by atoms with E-state index >= 15 is 0 Å². The summed E-state index contributed by atoms with van der Waals surface area (Å²) in [5.41, 5.74) is -0.0862. The molecule has 0 saturated carbocycles. The second kappa shape index (κ2) is 7.25. The van der Waals surface area contributed by atoms with E-state index in [0.717, 1.165) is 6.07 Å². The zero-order chi connectivity index (χ0) is 17.9. The number of amides is 3. The Kier molecular flexibility index (Phi) is 5.53. The molecule has 3 amide bonds. The maximum Gasteiger partial charge on any atom is 0.471 e. The molecule has 2 rings (SSSR count). The average molecular weight is 368 g/mol. The highest BCUT2D eigenvalue weighted by atomic mass is 35.5. The summed E-state index contributed by atoms with van der Waals surface area (Å²) in [4.78, 5) is 25.3. The van der Waals surface area contributed by atoms with Crippen LogP contribution in [-0.4, -0.2) is 54.1 Å². The Morgan fingerprint density at radius 1 is 1.08 bits per heavy atom. The molecule has 1 N–H and O–H groups in total. The number of carbonyl (C=O) groups is 2. The number of urea groups is 1. The van der Waals surface area contributed by atoms with Crippen LogP contribution in [0.3, 0.4) is 0 Å². The lowest BCUT2D eigenvalue weighted by molar-refractivity contribution is -0.185. The molecule has 132 valence electrons. The highest BCUT2D eigenvalue weighted by Crippen LogP contribution is 2.21. The van der Waals surface area contributed by atoms with Crippen LogP contribution in [0.5, 0.6) is 0 Å². The summed E-state index contributed by atoms with van der Waals surface area (Å²) in [6, 6.07) is 3.06. The Morgan fingerprint density at radius 2 is 1.71 bits per heavy atom. The SMILES string of the molecule is O=C(Nc1ccc(Cl)cc1F)N1CCCN(C(=O)C(F)(F)F)CC1. The molecule has 0 atom stereocenters. The molecule has 0 aliphatic carbocycles. The topological polar surface area (TPSA) is 52.7 Å². The van der Waals surface area contributed by atoms with Gasteiger partial charge in [-0.15, -0.1) is 0 Å². The van der Waals surface area contributed by atoms with E-state index in [9.17, 15) is 27.2 Å². The standard InChI is InChI=1S/C14H14ClF4N3O2/c15-9-2-3-11(10(16)8-9)20-13(24)22-5-1-4-21(6-7-22)12(23)14(17,18)19/h2-3,8H,1,4-7H2,(H,20,24). The number of alkyl halides is 3. The van der Waals surface area contributed by atoms with Gasteiger partial charge in [0.2, 0.25) is 0 Å². The van der Waals surface area contributed by atoms with E-state index in [4.69, 9.17) is 11.6 Å². The molecule has 1 heterocycles. The van der Waals surface area contributed by atoms with Crippen molar-refractivity contribution in [1.82, 2.24) is 9.80 Å². The second-order valence-electron chi connectivity index (χ2n) is 5.18. The third kappa shape index (κ3) is 4.50. The van der Waals surface area contributed by atoms with Gasteiger partial charge in [-0.05, 0) is 24.6 Å². The Hall–Kier alpha value is -2.03. The number of carbonyl (C=O) groups excluding carboxylic acids is 2. The molecule has 0 aromatic heterocycles. The van der Waals surface area contributed by atoms with Crippen LogP contribution >= 0.6 is 11.6 Å². The molecular formula is C14H14ClF4N3O2. The summed E-state index contributed by atoms with van der Waals surface area (Å²) in [6.07, 6.45) is -4.75. The van der Waals surface area contributed by atoms with E-state index in [1.807, 2.05) is 0 Å². The first-order valence-electron chi connectivity index (χ1n) is 7.05. The molecule has 5 nitrogen and oxygen atoms in total. The van der Waals surface area contributed by atoms with Crippen LogP contribution in [0.2, 0.25) is 5.02 Å². The molecule has 1 aromatic rings. The fourth-order valence-corrected chi connectivity index (χ4v) is 2.45. The molecule has 0 unspecified atom stereocenters. The van der Waals surface area contributed by atoms with Crippen molar-refractivity contribution >= 4 is 29.2 Å². The van der Waals surface area contributed by atoms with Crippen LogP contribution in [0.4, 0.5) is 28.0 Å².